The van der Waals surface area contributed by atoms with Gasteiger partial charge in [-0.25, -0.2) is 10.7 Å². The molecule has 1 aliphatic rings. The van der Waals surface area contributed by atoms with Crippen LogP contribution in [0.25, 0.3) is 6.08 Å². The molecule has 2 rings (SSSR count). The van der Waals surface area contributed by atoms with Crippen molar-refractivity contribution in [1.29, 1.82) is 0 Å². The van der Waals surface area contributed by atoms with Crippen molar-refractivity contribution in [2.45, 2.75) is 39.3 Å². The van der Waals surface area contributed by atoms with Gasteiger partial charge in [-0.15, -0.1) is 0 Å². The molecule has 23 heavy (non-hydrogen) atoms. The van der Waals surface area contributed by atoms with Crippen LogP contribution in [0.2, 0.25) is 0 Å². The Kier molecular flexibility index (Phi) is 4.67. The lowest BCUT2D eigenvalue weighted by atomic mass is 9.97. The van der Waals surface area contributed by atoms with Crippen molar-refractivity contribution >= 4 is 12.0 Å². The SMILES string of the molecule is Cc1cc(C)c2c(c1)C=C(C(=O)OC(C)ON)C(C(F)(F)F)O2. The number of benzene rings is 1. The molecule has 0 aliphatic carbocycles. The molecular formula is C15H16F3NO4. The summed E-state index contributed by atoms with van der Waals surface area (Å²) in [6.45, 7) is 4.72. The minimum Gasteiger partial charge on any atom is -0.475 e. The summed E-state index contributed by atoms with van der Waals surface area (Å²) in [4.78, 5) is 16.2. The molecule has 0 saturated heterocycles. The summed E-state index contributed by atoms with van der Waals surface area (Å²) in [7, 11) is 0. The van der Waals surface area contributed by atoms with Crippen LogP contribution in [0.3, 0.4) is 0 Å². The van der Waals surface area contributed by atoms with Crippen molar-refractivity contribution in [3.05, 3.63) is 34.4 Å². The van der Waals surface area contributed by atoms with Crippen molar-refractivity contribution in [1.82, 2.24) is 0 Å². The Balaban J connectivity index is 2.49. The van der Waals surface area contributed by atoms with E-state index in [1.54, 1.807) is 26.0 Å². The molecule has 1 heterocycles. The van der Waals surface area contributed by atoms with Gasteiger partial charge in [-0.3, -0.25) is 4.84 Å². The average Bonchev–Trinajstić information content (AvgIpc) is 2.44. The van der Waals surface area contributed by atoms with Crippen LogP contribution in [-0.4, -0.2) is 24.5 Å². The molecule has 126 valence electrons. The minimum absolute atomic E-state index is 0.0950. The van der Waals surface area contributed by atoms with E-state index in [0.717, 1.165) is 11.6 Å². The van der Waals surface area contributed by atoms with E-state index in [1.165, 1.54) is 6.92 Å². The standard InChI is InChI=1S/C15H16F3NO4/c1-7-4-8(2)12-10(5-7)6-11(13(22-12)15(16,17)18)14(20)21-9(3)23-19/h4-6,9,13H,19H2,1-3H3. The third kappa shape index (κ3) is 3.65. The van der Waals surface area contributed by atoms with E-state index in [9.17, 15) is 18.0 Å². The van der Waals surface area contributed by atoms with E-state index in [1.807, 2.05) is 0 Å². The van der Waals surface area contributed by atoms with Crippen molar-refractivity contribution in [2.24, 2.45) is 5.90 Å². The molecule has 0 amide bonds. The normalized spacial score (nSPS) is 18.6. The average molecular weight is 331 g/mol. The fourth-order valence-electron chi connectivity index (χ4n) is 2.34. The number of fused-ring (bicyclic) bond motifs is 1. The van der Waals surface area contributed by atoms with Crippen LogP contribution in [0.5, 0.6) is 5.75 Å². The number of hydrogen-bond donors (Lipinski definition) is 1. The first kappa shape index (κ1) is 17.3. The second-order valence-electron chi connectivity index (χ2n) is 5.25. The maximum atomic E-state index is 13.2. The molecule has 2 unspecified atom stereocenters. The van der Waals surface area contributed by atoms with Crippen molar-refractivity contribution < 1.29 is 32.3 Å². The van der Waals surface area contributed by atoms with Gasteiger partial charge in [0.15, 0.2) is 0 Å². The number of carbonyl (C=O) groups excluding carboxylic acids is 1. The molecule has 0 radical (unpaired) electrons. The topological polar surface area (TPSA) is 70.8 Å². The summed E-state index contributed by atoms with van der Waals surface area (Å²) in [5, 5.41) is 0. The van der Waals surface area contributed by atoms with Gasteiger partial charge in [-0.1, -0.05) is 11.6 Å². The third-order valence-electron chi connectivity index (χ3n) is 3.27. The summed E-state index contributed by atoms with van der Waals surface area (Å²) >= 11 is 0. The highest BCUT2D eigenvalue weighted by atomic mass is 19.4. The van der Waals surface area contributed by atoms with Gasteiger partial charge in [0.1, 0.15) is 5.75 Å². The number of aryl methyl sites for hydroxylation is 2. The largest absolute Gasteiger partial charge is 0.475 e. The number of hydrogen-bond acceptors (Lipinski definition) is 5. The van der Waals surface area contributed by atoms with Crippen molar-refractivity contribution in [2.75, 3.05) is 0 Å². The predicted octanol–water partition coefficient (Wildman–Crippen LogP) is 2.79. The van der Waals surface area contributed by atoms with Crippen LogP contribution >= 0.6 is 0 Å². The van der Waals surface area contributed by atoms with Gasteiger partial charge >= 0.3 is 12.1 Å². The number of esters is 1. The summed E-state index contributed by atoms with van der Waals surface area (Å²) in [5.74, 6) is 3.73. The first-order valence-corrected chi connectivity index (χ1v) is 6.76. The van der Waals surface area contributed by atoms with Crippen molar-refractivity contribution in [3.63, 3.8) is 0 Å². The Hall–Kier alpha value is -2.06. The van der Waals surface area contributed by atoms with Crippen LogP contribution in [0.4, 0.5) is 13.2 Å². The molecule has 8 heteroatoms. The van der Waals surface area contributed by atoms with E-state index in [0.29, 0.717) is 11.1 Å². The van der Waals surface area contributed by atoms with Gasteiger partial charge < -0.3 is 9.47 Å². The lowest BCUT2D eigenvalue weighted by molar-refractivity contribution is -0.194. The summed E-state index contributed by atoms with van der Waals surface area (Å²) < 4.78 is 49.5. The minimum atomic E-state index is -4.77. The first-order chi connectivity index (χ1) is 10.6. The molecule has 0 aromatic heterocycles. The monoisotopic (exact) mass is 331 g/mol. The first-order valence-electron chi connectivity index (χ1n) is 6.76. The molecule has 5 nitrogen and oxygen atoms in total. The van der Waals surface area contributed by atoms with Crippen molar-refractivity contribution in [3.8, 4) is 5.75 Å². The van der Waals surface area contributed by atoms with E-state index in [4.69, 9.17) is 15.4 Å². The number of nitrogens with two attached hydrogens (primary N) is 1. The Bertz CT molecular complexity index is 655. The number of halogens is 3. The zero-order valence-electron chi connectivity index (χ0n) is 12.7. The maximum Gasteiger partial charge on any atom is 0.430 e. The van der Waals surface area contributed by atoms with E-state index < -0.39 is 30.1 Å². The molecule has 0 spiro atoms. The van der Waals surface area contributed by atoms with Crippen LogP contribution < -0.4 is 10.6 Å². The van der Waals surface area contributed by atoms with E-state index in [-0.39, 0.29) is 5.75 Å². The quantitative estimate of drug-likeness (QED) is 0.524. The molecule has 2 atom stereocenters. The number of rotatable bonds is 3. The fourth-order valence-corrected chi connectivity index (χ4v) is 2.34. The number of alkyl halides is 3. The Morgan fingerprint density at radius 3 is 2.57 bits per heavy atom. The van der Waals surface area contributed by atoms with Crippen LogP contribution in [0.1, 0.15) is 23.6 Å². The number of carbonyl (C=O) groups is 1. The van der Waals surface area contributed by atoms with Crippen LogP contribution in [0, 0.1) is 13.8 Å². The second kappa shape index (κ2) is 6.21. The molecule has 2 N–H and O–H groups in total. The maximum absolute atomic E-state index is 13.2. The van der Waals surface area contributed by atoms with Gasteiger partial charge in [-0.05, 0) is 38.5 Å². The Morgan fingerprint density at radius 2 is 2.00 bits per heavy atom. The Labute approximate surface area is 130 Å². The van der Waals surface area contributed by atoms with Gasteiger partial charge in [-0.2, -0.15) is 13.2 Å². The highest BCUT2D eigenvalue weighted by Crippen LogP contribution is 2.39. The lowest BCUT2D eigenvalue weighted by Crippen LogP contribution is -2.41. The molecular weight excluding hydrogens is 315 g/mol. The van der Waals surface area contributed by atoms with E-state index >= 15 is 0 Å². The summed E-state index contributed by atoms with van der Waals surface area (Å²) in [5.41, 5.74) is 1.12. The molecule has 1 aromatic rings. The smallest absolute Gasteiger partial charge is 0.430 e. The fraction of sp³-hybridized carbons (Fsp3) is 0.400. The molecule has 0 saturated carbocycles. The van der Waals surface area contributed by atoms with Gasteiger partial charge in [0.2, 0.25) is 12.4 Å². The highest BCUT2D eigenvalue weighted by molar-refractivity contribution is 5.96. The van der Waals surface area contributed by atoms with Crippen LogP contribution in [-0.2, 0) is 14.4 Å². The Morgan fingerprint density at radius 1 is 1.35 bits per heavy atom. The van der Waals surface area contributed by atoms with Crippen LogP contribution in [0.15, 0.2) is 17.7 Å². The highest BCUT2D eigenvalue weighted by Gasteiger charge is 2.49. The predicted molar refractivity (Wildman–Crippen MR) is 75.2 cm³/mol. The van der Waals surface area contributed by atoms with Gasteiger partial charge in [0.05, 0.1) is 5.57 Å². The summed E-state index contributed by atoms with van der Waals surface area (Å²) in [6, 6.07) is 3.33. The van der Waals surface area contributed by atoms with Gasteiger partial charge in [0.25, 0.3) is 0 Å². The summed E-state index contributed by atoms with van der Waals surface area (Å²) in [6.07, 6.45) is -7.23. The molecule has 1 aromatic carbocycles. The third-order valence-corrected chi connectivity index (χ3v) is 3.27. The molecule has 1 aliphatic heterocycles. The zero-order valence-corrected chi connectivity index (χ0v) is 12.7. The van der Waals surface area contributed by atoms with Gasteiger partial charge in [0, 0.05) is 5.56 Å². The van der Waals surface area contributed by atoms with E-state index in [2.05, 4.69) is 4.84 Å². The lowest BCUT2D eigenvalue weighted by Gasteiger charge is -2.29. The molecule has 0 fully saturated rings. The number of ether oxygens (including phenoxy) is 2. The second-order valence-corrected chi connectivity index (χ2v) is 5.25. The zero-order chi connectivity index (χ0) is 17.4. The molecule has 0 bridgehead atoms.